The van der Waals surface area contributed by atoms with E-state index in [1.165, 1.54) is 0 Å². The van der Waals surface area contributed by atoms with Crippen molar-refractivity contribution < 1.29 is 19.1 Å². The van der Waals surface area contributed by atoms with Crippen LogP contribution in [-0.4, -0.2) is 48.9 Å². The van der Waals surface area contributed by atoms with Crippen LogP contribution in [0.15, 0.2) is 18.2 Å². The number of benzene rings is 1. The molecule has 4 aliphatic rings. The molecule has 3 saturated carbocycles. The minimum atomic E-state index is -0.225. The predicted octanol–water partition coefficient (Wildman–Crippen LogP) is 2.40. The summed E-state index contributed by atoms with van der Waals surface area (Å²) in [6.45, 7) is 0.908. The summed E-state index contributed by atoms with van der Waals surface area (Å²) in [7, 11) is 0. The summed E-state index contributed by atoms with van der Waals surface area (Å²) in [5.74, 6) is 0.200. The molecule has 158 valence electrons. The molecule has 1 aromatic carbocycles. The Morgan fingerprint density at radius 2 is 1.72 bits per heavy atom. The van der Waals surface area contributed by atoms with Crippen molar-refractivity contribution >= 4 is 35.0 Å². The summed E-state index contributed by atoms with van der Waals surface area (Å²) in [6.07, 6.45) is 5.42. The van der Waals surface area contributed by atoms with E-state index in [1.807, 2.05) is 0 Å². The standard InChI is InChI=1S/C20H25Cl2N3O4/c21-14-5-4-13(7-15(14)22)28-8-16(26)24-19-10-20(11-19,12-19)25-17(27)9-29-18-3-1-2-6-23-18/h4-5,7,18,23H,1-3,6,8-12H2,(H,24,26)(H,25,27). The number of hydrogen-bond acceptors (Lipinski definition) is 5. The summed E-state index contributed by atoms with van der Waals surface area (Å²) in [5.41, 5.74) is -0.421. The number of ether oxygens (including phenoxy) is 2. The van der Waals surface area contributed by atoms with Crippen LogP contribution in [0.2, 0.25) is 10.0 Å². The molecular weight excluding hydrogens is 417 g/mol. The summed E-state index contributed by atoms with van der Waals surface area (Å²) >= 11 is 11.8. The van der Waals surface area contributed by atoms with Crippen LogP contribution in [0.3, 0.4) is 0 Å². The molecule has 1 aliphatic heterocycles. The monoisotopic (exact) mass is 441 g/mol. The van der Waals surface area contributed by atoms with Crippen LogP contribution in [0.5, 0.6) is 5.75 Å². The van der Waals surface area contributed by atoms with E-state index in [0.717, 1.165) is 45.1 Å². The van der Waals surface area contributed by atoms with E-state index in [0.29, 0.717) is 15.8 Å². The van der Waals surface area contributed by atoms with Crippen LogP contribution in [0.1, 0.15) is 38.5 Å². The van der Waals surface area contributed by atoms with Crippen LogP contribution in [0.25, 0.3) is 0 Å². The zero-order valence-electron chi connectivity index (χ0n) is 16.1. The molecule has 0 radical (unpaired) electrons. The second-order valence-corrected chi connectivity index (χ2v) is 9.12. The molecule has 3 aliphatic carbocycles. The number of rotatable bonds is 8. The van der Waals surface area contributed by atoms with E-state index in [4.69, 9.17) is 32.7 Å². The summed E-state index contributed by atoms with van der Waals surface area (Å²) in [5, 5.41) is 10.2. The Hall–Kier alpha value is -1.54. The molecule has 1 saturated heterocycles. The van der Waals surface area contributed by atoms with Crippen LogP contribution in [0, 0.1) is 0 Å². The highest BCUT2D eigenvalue weighted by Crippen LogP contribution is 2.60. The Balaban J connectivity index is 1.14. The van der Waals surface area contributed by atoms with Gasteiger partial charge in [0.05, 0.1) is 10.0 Å². The molecule has 7 nitrogen and oxygen atoms in total. The van der Waals surface area contributed by atoms with Crippen LogP contribution < -0.4 is 20.7 Å². The average molecular weight is 442 g/mol. The third kappa shape index (κ3) is 4.79. The highest BCUT2D eigenvalue weighted by atomic mass is 35.5. The third-order valence-corrected chi connectivity index (χ3v) is 6.52. The Labute approximate surface area is 179 Å². The molecule has 0 aromatic heterocycles. The maximum atomic E-state index is 12.2. The van der Waals surface area contributed by atoms with E-state index < -0.39 is 0 Å². The van der Waals surface area contributed by atoms with Crippen LogP contribution in [-0.2, 0) is 14.3 Å². The van der Waals surface area contributed by atoms with Crippen molar-refractivity contribution in [1.29, 1.82) is 0 Å². The number of carbonyl (C=O) groups is 2. The lowest BCUT2D eigenvalue weighted by Crippen LogP contribution is -2.84. The summed E-state index contributed by atoms with van der Waals surface area (Å²) in [4.78, 5) is 24.4. The second kappa shape index (κ2) is 8.30. The maximum absolute atomic E-state index is 12.2. The quantitative estimate of drug-likeness (QED) is 0.576. The van der Waals surface area contributed by atoms with Crippen molar-refractivity contribution in [1.82, 2.24) is 16.0 Å². The fraction of sp³-hybridized carbons (Fsp3) is 0.600. The van der Waals surface area contributed by atoms with Crippen molar-refractivity contribution in [2.45, 2.75) is 55.8 Å². The number of piperidine rings is 1. The smallest absolute Gasteiger partial charge is 0.258 e. The van der Waals surface area contributed by atoms with Gasteiger partial charge in [0.15, 0.2) is 6.61 Å². The maximum Gasteiger partial charge on any atom is 0.258 e. The Kier molecular flexibility index (Phi) is 5.93. The number of nitrogens with one attached hydrogen (secondary N) is 3. The summed E-state index contributed by atoms with van der Waals surface area (Å²) in [6, 6.07) is 4.87. The molecule has 4 fully saturated rings. The first kappa shape index (κ1) is 20.7. The number of hydrogen-bond donors (Lipinski definition) is 3. The second-order valence-electron chi connectivity index (χ2n) is 8.30. The van der Waals surface area contributed by atoms with Gasteiger partial charge in [0.25, 0.3) is 5.91 Å². The van der Waals surface area contributed by atoms with Gasteiger partial charge in [0.1, 0.15) is 18.6 Å². The minimum Gasteiger partial charge on any atom is -0.484 e. The molecule has 2 amide bonds. The Bertz CT molecular complexity index is 778. The predicted molar refractivity (Wildman–Crippen MR) is 109 cm³/mol. The molecule has 3 N–H and O–H groups in total. The van der Waals surface area contributed by atoms with E-state index in [2.05, 4.69) is 16.0 Å². The minimum absolute atomic E-state index is 0.0244. The van der Waals surface area contributed by atoms with Crippen LogP contribution >= 0.6 is 23.2 Å². The zero-order valence-corrected chi connectivity index (χ0v) is 17.6. The van der Waals surface area contributed by atoms with Gasteiger partial charge in [0.2, 0.25) is 5.91 Å². The average Bonchev–Trinajstić information content (AvgIpc) is 2.65. The Morgan fingerprint density at radius 1 is 1.03 bits per heavy atom. The first-order valence-corrected chi connectivity index (χ1v) is 10.7. The molecule has 1 unspecified atom stereocenters. The normalized spacial score (nSPS) is 29.9. The van der Waals surface area contributed by atoms with E-state index in [1.54, 1.807) is 18.2 Å². The molecular formula is C20H25Cl2N3O4. The third-order valence-electron chi connectivity index (χ3n) is 5.78. The Morgan fingerprint density at radius 3 is 2.34 bits per heavy atom. The highest BCUT2D eigenvalue weighted by molar-refractivity contribution is 6.42. The van der Waals surface area contributed by atoms with Gasteiger partial charge in [-0.05, 0) is 57.2 Å². The SMILES string of the molecule is O=C(COc1ccc(Cl)c(Cl)c1)NC12CC(NC(=O)COC3CCCCN3)(C1)C2. The van der Waals surface area contributed by atoms with Crippen molar-refractivity contribution in [3.05, 3.63) is 28.2 Å². The zero-order chi connectivity index (χ0) is 20.5. The summed E-state index contributed by atoms with van der Waals surface area (Å²) < 4.78 is 11.1. The lowest BCUT2D eigenvalue weighted by atomic mass is 9.44. The van der Waals surface area contributed by atoms with Gasteiger partial charge >= 0.3 is 0 Å². The topological polar surface area (TPSA) is 88.7 Å². The van der Waals surface area contributed by atoms with Crippen molar-refractivity contribution in [3.8, 4) is 5.75 Å². The highest BCUT2D eigenvalue weighted by Gasteiger charge is 2.69. The van der Waals surface area contributed by atoms with Crippen molar-refractivity contribution in [3.63, 3.8) is 0 Å². The van der Waals surface area contributed by atoms with E-state index in [-0.39, 0.29) is 42.3 Å². The lowest BCUT2D eigenvalue weighted by molar-refractivity contribution is -0.154. The van der Waals surface area contributed by atoms with Gasteiger partial charge in [-0.15, -0.1) is 0 Å². The van der Waals surface area contributed by atoms with Gasteiger partial charge in [0, 0.05) is 17.1 Å². The van der Waals surface area contributed by atoms with Gasteiger partial charge in [-0.2, -0.15) is 0 Å². The largest absolute Gasteiger partial charge is 0.484 e. The first-order valence-electron chi connectivity index (χ1n) is 9.92. The van der Waals surface area contributed by atoms with Gasteiger partial charge in [-0.3, -0.25) is 14.9 Å². The fourth-order valence-corrected chi connectivity index (χ4v) is 4.86. The van der Waals surface area contributed by atoms with Gasteiger partial charge in [-0.25, -0.2) is 0 Å². The molecule has 1 atom stereocenters. The molecule has 5 rings (SSSR count). The molecule has 29 heavy (non-hydrogen) atoms. The van der Waals surface area contributed by atoms with E-state index >= 15 is 0 Å². The molecule has 0 spiro atoms. The molecule has 2 bridgehead atoms. The van der Waals surface area contributed by atoms with Crippen LogP contribution in [0.4, 0.5) is 0 Å². The van der Waals surface area contributed by atoms with Gasteiger partial charge in [-0.1, -0.05) is 23.2 Å². The van der Waals surface area contributed by atoms with Crippen molar-refractivity contribution in [2.75, 3.05) is 19.8 Å². The fourth-order valence-electron chi connectivity index (χ4n) is 4.57. The van der Waals surface area contributed by atoms with Gasteiger partial charge < -0.3 is 20.1 Å². The molecule has 1 aromatic rings. The number of carbonyl (C=O) groups excluding carboxylic acids is 2. The first-order chi connectivity index (χ1) is 13.9. The number of halogens is 2. The lowest BCUT2D eigenvalue weighted by Gasteiger charge is -2.70. The number of amides is 2. The van der Waals surface area contributed by atoms with Crippen molar-refractivity contribution in [2.24, 2.45) is 0 Å². The van der Waals surface area contributed by atoms with E-state index in [9.17, 15) is 9.59 Å². The molecule has 1 heterocycles. The molecule has 9 heteroatoms.